The number of nitrogens with zero attached hydrogens (tertiary/aromatic N) is 1. The third-order valence-corrected chi connectivity index (χ3v) is 7.31. The van der Waals surface area contributed by atoms with E-state index < -0.39 is 0 Å². The molecule has 0 heterocycles. The van der Waals surface area contributed by atoms with Crippen molar-refractivity contribution in [2.45, 2.75) is 0 Å². The first-order chi connectivity index (χ1) is 21.3. The minimum atomic E-state index is 1.09. The van der Waals surface area contributed by atoms with Crippen LogP contribution < -0.4 is 4.90 Å². The SMILES string of the molecule is C(=C(c1ccccc1)c1ccccc1)N(c1ccc(/C=C/c2ccccc2)cc1)c1ccc(/C=C/c2ccccc2)cc1. The Kier molecular flexibility index (Phi) is 8.83. The summed E-state index contributed by atoms with van der Waals surface area (Å²) in [7, 11) is 0. The molecular weight excluding hydrogens is 518 g/mol. The molecule has 1 nitrogen and oxygen atoms in total. The lowest BCUT2D eigenvalue weighted by atomic mass is 9.98. The van der Waals surface area contributed by atoms with Gasteiger partial charge in [0.2, 0.25) is 0 Å². The van der Waals surface area contributed by atoms with Gasteiger partial charge < -0.3 is 4.90 Å². The highest BCUT2D eigenvalue weighted by molar-refractivity contribution is 5.84. The van der Waals surface area contributed by atoms with Crippen LogP contribution in [0, 0.1) is 0 Å². The first-order valence-electron chi connectivity index (χ1n) is 14.6. The summed E-state index contributed by atoms with van der Waals surface area (Å²) in [5, 5.41) is 0. The molecule has 43 heavy (non-hydrogen) atoms. The number of hydrogen-bond donors (Lipinski definition) is 0. The Morgan fingerprint density at radius 2 is 0.628 bits per heavy atom. The van der Waals surface area contributed by atoms with Gasteiger partial charge in [-0.2, -0.15) is 0 Å². The van der Waals surface area contributed by atoms with Crippen LogP contribution in [-0.4, -0.2) is 0 Å². The summed E-state index contributed by atoms with van der Waals surface area (Å²) >= 11 is 0. The summed E-state index contributed by atoms with van der Waals surface area (Å²) < 4.78 is 0. The minimum Gasteiger partial charge on any atom is -0.317 e. The quantitative estimate of drug-likeness (QED) is 0.162. The fourth-order valence-corrected chi connectivity index (χ4v) is 4.98. The lowest BCUT2D eigenvalue weighted by Gasteiger charge is -2.24. The Balaban J connectivity index is 1.38. The van der Waals surface area contributed by atoms with Crippen LogP contribution in [0.5, 0.6) is 0 Å². The van der Waals surface area contributed by atoms with Crippen molar-refractivity contribution >= 4 is 41.3 Å². The largest absolute Gasteiger partial charge is 0.317 e. The van der Waals surface area contributed by atoms with Gasteiger partial charge in [0.15, 0.2) is 0 Å². The molecule has 0 spiro atoms. The molecule has 1 heteroatoms. The van der Waals surface area contributed by atoms with E-state index in [1.165, 1.54) is 22.3 Å². The predicted molar refractivity (Wildman–Crippen MR) is 186 cm³/mol. The van der Waals surface area contributed by atoms with E-state index >= 15 is 0 Å². The van der Waals surface area contributed by atoms with E-state index in [-0.39, 0.29) is 0 Å². The molecule has 0 saturated carbocycles. The van der Waals surface area contributed by atoms with Crippen LogP contribution in [0.15, 0.2) is 176 Å². The van der Waals surface area contributed by atoms with Crippen LogP contribution in [-0.2, 0) is 0 Å². The molecule has 206 valence electrons. The second-order valence-corrected chi connectivity index (χ2v) is 10.3. The van der Waals surface area contributed by atoms with Crippen molar-refractivity contribution < 1.29 is 0 Å². The topological polar surface area (TPSA) is 3.24 Å². The highest BCUT2D eigenvalue weighted by atomic mass is 15.1. The minimum absolute atomic E-state index is 1.09. The monoisotopic (exact) mass is 551 g/mol. The average Bonchev–Trinajstić information content (AvgIpc) is 3.09. The third kappa shape index (κ3) is 7.35. The van der Waals surface area contributed by atoms with E-state index in [1.807, 2.05) is 12.1 Å². The van der Waals surface area contributed by atoms with Crippen LogP contribution >= 0.6 is 0 Å². The van der Waals surface area contributed by atoms with Gasteiger partial charge >= 0.3 is 0 Å². The van der Waals surface area contributed by atoms with Crippen molar-refractivity contribution in [1.29, 1.82) is 0 Å². The smallest absolute Gasteiger partial charge is 0.0456 e. The highest BCUT2D eigenvalue weighted by Crippen LogP contribution is 2.32. The van der Waals surface area contributed by atoms with Crippen LogP contribution in [0.3, 0.4) is 0 Å². The van der Waals surface area contributed by atoms with Gasteiger partial charge in [-0.05, 0) is 57.6 Å². The van der Waals surface area contributed by atoms with E-state index in [0.29, 0.717) is 0 Å². The van der Waals surface area contributed by atoms with Gasteiger partial charge in [-0.3, -0.25) is 0 Å². The zero-order valence-electron chi connectivity index (χ0n) is 24.0. The molecule has 6 rings (SSSR count). The normalized spacial score (nSPS) is 11.1. The molecule has 0 amide bonds. The summed E-state index contributed by atoms with van der Waals surface area (Å²) in [6, 6.07) is 59.5. The van der Waals surface area contributed by atoms with Crippen molar-refractivity contribution in [3.8, 4) is 0 Å². The zero-order chi connectivity index (χ0) is 29.1. The van der Waals surface area contributed by atoms with Crippen molar-refractivity contribution in [2.24, 2.45) is 0 Å². The van der Waals surface area contributed by atoms with Crippen molar-refractivity contribution in [3.05, 3.63) is 209 Å². The van der Waals surface area contributed by atoms with Gasteiger partial charge in [0, 0.05) is 23.1 Å². The molecule has 0 fully saturated rings. The second kappa shape index (κ2) is 13.8. The van der Waals surface area contributed by atoms with Crippen molar-refractivity contribution in [2.75, 3.05) is 4.90 Å². The van der Waals surface area contributed by atoms with Gasteiger partial charge in [0.1, 0.15) is 0 Å². The standard InChI is InChI=1S/C42H33N/c1-5-13-34(14-6-1)21-23-36-25-29-40(30-26-36)43(33-42(38-17-9-3-10-18-38)39-19-11-4-12-20-39)41-31-27-37(28-32-41)24-22-35-15-7-2-8-16-35/h1-33H/b23-21+,24-22+. The summed E-state index contributed by atoms with van der Waals surface area (Å²) in [4.78, 5) is 2.28. The molecule has 0 unspecified atom stereocenters. The number of rotatable bonds is 9. The lowest BCUT2D eigenvalue weighted by Crippen LogP contribution is -2.10. The van der Waals surface area contributed by atoms with Crippen LogP contribution in [0.1, 0.15) is 33.4 Å². The molecule has 0 N–H and O–H groups in total. The molecule has 0 saturated heterocycles. The van der Waals surface area contributed by atoms with Crippen LogP contribution in [0.2, 0.25) is 0 Å². The third-order valence-electron chi connectivity index (χ3n) is 7.31. The van der Waals surface area contributed by atoms with E-state index in [2.05, 4.69) is 193 Å². The number of anilines is 2. The number of benzene rings is 6. The predicted octanol–water partition coefficient (Wildman–Crippen LogP) is 11.3. The molecule has 6 aromatic carbocycles. The molecule has 0 aliphatic heterocycles. The maximum atomic E-state index is 2.28. The summed E-state index contributed by atoms with van der Waals surface area (Å²) in [6.45, 7) is 0. The Hall–Kier alpha value is -5.66. The Labute approximate surface area is 255 Å². The van der Waals surface area contributed by atoms with Gasteiger partial charge in [0.05, 0.1) is 0 Å². The van der Waals surface area contributed by atoms with Gasteiger partial charge in [-0.1, -0.05) is 170 Å². The molecule has 0 aliphatic rings. The summed E-state index contributed by atoms with van der Waals surface area (Å²) in [5.74, 6) is 0. The molecule has 0 aromatic heterocycles. The first-order valence-corrected chi connectivity index (χ1v) is 14.6. The van der Waals surface area contributed by atoms with Crippen molar-refractivity contribution in [3.63, 3.8) is 0 Å². The highest BCUT2D eigenvalue weighted by Gasteiger charge is 2.12. The Bertz CT molecular complexity index is 1660. The summed E-state index contributed by atoms with van der Waals surface area (Å²) in [5.41, 5.74) is 10.4. The van der Waals surface area contributed by atoms with E-state index in [0.717, 1.165) is 28.1 Å². The van der Waals surface area contributed by atoms with Crippen molar-refractivity contribution in [1.82, 2.24) is 0 Å². The van der Waals surface area contributed by atoms with Gasteiger partial charge in [-0.25, -0.2) is 0 Å². The summed E-state index contributed by atoms with van der Waals surface area (Å²) in [6.07, 6.45) is 10.9. The molecule has 0 bridgehead atoms. The number of hydrogen-bond acceptors (Lipinski definition) is 1. The maximum absolute atomic E-state index is 2.28. The lowest BCUT2D eigenvalue weighted by molar-refractivity contribution is 1.28. The van der Waals surface area contributed by atoms with E-state index in [1.54, 1.807) is 0 Å². The van der Waals surface area contributed by atoms with Crippen LogP contribution in [0.4, 0.5) is 11.4 Å². The van der Waals surface area contributed by atoms with E-state index in [9.17, 15) is 0 Å². The average molecular weight is 552 g/mol. The second-order valence-electron chi connectivity index (χ2n) is 10.3. The Morgan fingerprint density at radius 1 is 0.326 bits per heavy atom. The van der Waals surface area contributed by atoms with Gasteiger partial charge in [-0.15, -0.1) is 0 Å². The Morgan fingerprint density at radius 3 is 0.977 bits per heavy atom. The fourth-order valence-electron chi connectivity index (χ4n) is 4.98. The molecule has 6 aromatic rings. The molecule has 0 atom stereocenters. The van der Waals surface area contributed by atoms with E-state index in [4.69, 9.17) is 0 Å². The molecule has 0 radical (unpaired) electrons. The van der Waals surface area contributed by atoms with Gasteiger partial charge in [0.25, 0.3) is 0 Å². The molecule has 0 aliphatic carbocycles. The fraction of sp³-hybridized carbons (Fsp3) is 0. The van der Waals surface area contributed by atoms with Crippen LogP contribution in [0.25, 0.3) is 29.9 Å². The first kappa shape index (κ1) is 27.5. The zero-order valence-corrected chi connectivity index (χ0v) is 24.0. The molecular formula is C42H33N. The maximum Gasteiger partial charge on any atom is 0.0456 e.